The molecule has 0 aliphatic heterocycles. The van der Waals surface area contributed by atoms with E-state index in [9.17, 15) is 0 Å². The van der Waals surface area contributed by atoms with E-state index >= 15 is 0 Å². The van der Waals surface area contributed by atoms with Crippen molar-refractivity contribution in [3.05, 3.63) is 0 Å². The average molecular weight is 361 g/mol. The fourth-order valence-corrected chi connectivity index (χ4v) is 0. The number of rotatable bonds is 0. The Balaban J connectivity index is -0.00000000500. The predicted molar refractivity (Wildman–Crippen MR) is 9.23 cm³/mol. The van der Waals surface area contributed by atoms with Crippen LogP contribution in [0.15, 0.2) is 0 Å². The molecule has 4 heavy (non-hydrogen) atoms. The van der Waals surface area contributed by atoms with Crippen LogP contribution >= 0.6 is 0 Å². The Labute approximate surface area is 87.4 Å². The van der Waals surface area contributed by atoms with E-state index in [2.05, 4.69) is 0 Å². The topological polar surface area (TPSA) is 17.1 Å². The summed E-state index contributed by atoms with van der Waals surface area (Å²) in [4.78, 5) is 0. The van der Waals surface area contributed by atoms with Gasteiger partial charge in [0.2, 0.25) is 0 Å². The van der Waals surface area contributed by atoms with E-state index in [0.29, 0.717) is 0 Å². The first-order valence-electron chi connectivity index (χ1n) is 0.204. The molecule has 18 valence electrons. The summed E-state index contributed by atoms with van der Waals surface area (Å²) in [5, 5.41) is 0. The summed E-state index contributed by atoms with van der Waals surface area (Å²) in [5.74, 6) is 0. The minimum absolute atomic E-state index is 0. The summed E-state index contributed by atoms with van der Waals surface area (Å²) < 4.78 is 8.39. The Morgan fingerprint density at radius 1 is 1.25 bits per heavy atom. The van der Waals surface area contributed by atoms with E-state index in [1.807, 2.05) is 0 Å². The standard InChI is InChI=1S/Ce.Hf.Mg.O.2H. The van der Waals surface area contributed by atoms with Crippen molar-refractivity contribution in [2.75, 3.05) is 0 Å². The van der Waals surface area contributed by atoms with E-state index in [1.165, 1.54) is 0 Å². The first-order chi connectivity index (χ1) is 1.00. The van der Waals surface area contributed by atoms with Crippen LogP contribution in [0.2, 0.25) is 0 Å². The quantitative estimate of drug-likeness (QED) is 0.505. The van der Waals surface area contributed by atoms with Gasteiger partial charge in [0.1, 0.15) is 0 Å². The molecule has 0 amide bonds. The third kappa shape index (κ3) is 8.84. The third-order valence-corrected chi connectivity index (χ3v) is 0. The SMILES string of the molecule is [Hf].[MgH2].[O]=[Ce]. The van der Waals surface area contributed by atoms with Crippen molar-refractivity contribution in [1.82, 2.24) is 0 Å². The summed E-state index contributed by atoms with van der Waals surface area (Å²) in [7, 11) is 0. The van der Waals surface area contributed by atoms with Crippen LogP contribution in [0.4, 0.5) is 0 Å². The van der Waals surface area contributed by atoms with Gasteiger partial charge in [0, 0.05) is 25.8 Å². The van der Waals surface area contributed by atoms with Crippen molar-refractivity contribution in [3.8, 4) is 0 Å². The molecule has 0 saturated heterocycles. The molecule has 0 aliphatic rings. The molecule has 0 radical (unpaired) electrons. The van der Waals surface area contributed by atoms with E-state index in [1.54, 1.807) is 0 Å². The third-order valence-electron chi connectivity index (χ3n) is 0. The van der Waals surface area contributed by atoms with Gasteiger partial charge in [-0.15, -0.1) is 0 Å². The van der Waals surface area contributed by atoms with Gasteiger partial charge in [0.25, 0.3) is 0 Å². The Morgan fingerprint density at radius 3 is 1.25 bits per heavy atom. The fraction of sp³-hybridized carbons (Fsp3) is 0. The predicted octanol–water partition coefficient (Wildman–Crippen LogP) is -1.04. The second-order valence-electron chi connectivity index (χ2n) is 0. The maximum absolute atomic E-state index is 8.39. The van der Waals surface area contributed by atoms with Crippen LogP contribution in [0.3, 0.4) is 0 Å². The van der Waals surface area contributed by atoms with Gasteiger partial charge in [-0.25, -0.2) is 0 Å². The molecule has 0 unspecified atom stereocenters. The van der Waals surface area contributed by atoms with Crippen molar-refractivity contribution in [2.24, 2.45) is 0 Å². The van der Waals surface area contributed by atoms with E-state index in [4.69, 9.17) is 0.938 Å². The van der Waals surface area contributed by atoms with Crippen LogP contribution in [-0.4, -0.2) is 23.1 Å². The average Bonchev–Trinajstić information content (AvgIpc) is 1.00. The van der Waals surface area contributed by atoms with Gasteiger partial charge in [0.15, 0.2) is 0 Å². The van der Waals surface area contributed by atoms with Crippen LogP contribution in [0.25, 0.3) is 0 Å². The second kappa shape index (κ2) is 17.0. The van der Waals surface area contributed by atoms with Crippen molar-refractivity contribution < 1.29 is 66.6 Å². The molecule has 0 aromatic heterocycles. The van der Waals surface area contributed by atoms with E-state index < -0.39 is 0 Å². The van der Waals surface area contributed by atoms with Crippen molar-refractivity contribution in [2.45, 2.75) is 0 Å². The van der Waals surface area contributed by atoms with E-state index in [-0.39, 0.29) is 88.7 Å². The Kier molecular flexibility index (Phi) is 67.4. The molecule has 0 bridgehead atoms. The summed E-state index contributed by atoms with van der Waals surface area (Å²) in [5.41, 5.74) is 0. The van der Waals surface area contributed by atoms with Crippen LogP contribution in [0, 0.1) is 39.8 Å². The molecule has 0 aromatic rings. The van der Waals surface area contributed by atoms with Crippen molar-refractivity contribution in [3.63, 3.8) is 0 Å². The molecule has 0 fully saturated rings. The summed E-state index contributed by atoms with van der Waals surface area (Å²) in [6.45, 7) is 0. The van der Waals surface area contributed by atoms with Gasteiger partial charge in [0.05, 0.1) is 0 Å². The summed E-state index contributed by atoms with van der Waals surface area (Å²) in [6, 6.07) is 0. The zero-order valence-electron chi connectivity index (χ0n) is 1.41. The fourth-order valence-electron chi connectivity index (χ4n) is 0. The van der Waals surface area contributed by atoms with Gasteiger partial charge in [-0.05, 0) is 0 Å². The normalized spacial score (nSPS) is 0.750. The van der Waals surface area contributed by atoms with Crippen LogP contribution in [0.1, 0.15) is 0 Å². The first kappa shape index (κ1) is 15.8. The Bertz CT molecular complexity index is 8.00. The van der Waals surface area contributed by atoms with Crippen molar-refractivity contribution >= 4 is 23.1 Å². The molecule has 0 aliphatic carbocycles. The van der Waals surface area contributed by atoms with Gasteiger partial charge in [-0.1, -0.05) is 0 Å². The Hall–Kier alpha value is 2.81. The summed E-state index contributed by atoms with van der Waals surface area (Å²) >= 11 is 0.0556. The molecule has 1 nitrogen and oxygen atoms in total. The Morgan fingerprint density at radius 2 is 1.25 bits per heavy atom. The molecule has 0 atom stereocenters. The molecule has 0 rings (SSSR count). The van der Waals surface area contributed by atoms with Crippen molar-refractivity contribution in [1.29, 1.82) is 0 Å². The first-order valence-corrected chi connectivity index (χ1v) is 1.49. The molecule has 0 spiro atoms. The number of hydrogen-bond donors (Lipinski definition) is 0. The molecular weight excluding hydrogens is 359 g/mol. The van der Waals surface area contributed by atoms with Crippen LogP contribution < -0.4 is 0 Å². The molecule has 0 heterocycles. The van der Waals surface area contributed by atoms with E-state index in [0.717, 1.165) is 0 Å². The van der Waals surface area contributed by atoms with Gasteiger partial charge in [-0.2, -0.15) is 0 Å². The maximum atomic E-state index is 8.39. The zero-order chi connectivity index (χ0) is 2.00. The zero-order valence-corrected chi connectivity index (χ0v) is 8.14. The molecule has 0 N–H and O–H groups in total. The second-order valence-corrected chi connectivity index (χ2v) is 0. The van der Waals surface area contributed by atoms with Crippen LogP contribution in [0.5, 0.6) is 0 Å². The molecule has 0 aromatic carbocycles. The van der Waals surface area contributed by atoms with Crippen LogP contribution in [-0.2, 0) is 26.8 Å². The number of hydrogen-bond acceptors (Lipinski definition) is 1. The summed E-state index contributed by atoms with van der Waals surface area (Å²) in [6.07, 6.45) is 0. The van der Waals surface area contributed by atoms with Gasteiger partial charge in [-0.3, -0.25) is 0 Å². The monoisotopic (exact) mass is 362 g/mol. The molecule has 4 heteroatoms. The minimum atomic E-state index is 0. The molecular formula is H2CeHfMgO. The molecule has 0 saturated carbocycles. The van der Waals surface area contributed by atoms with Gasteiger partial charge < -0.3 is 0 Å². The van der Waals surface area contributed by atoms with Gasteiger partial charge >= 0.3 is 63.8 Å².